The highest BCUT2D eigenvalue weighted by Gasteiger charge is 2.61. The molecule has 1 aliphatic rings. The van der Waals surface area contributed by atoms with E-state index in [0.29, 0.717) is 17.2 Å². The molecule has 3 N–H and O–H groups in total. The fraction of sp³-hybridized carbons (Fsp3) is 0.167. The van der Waals surface area contributed by atoms with Crippen LogP contribution in [0.3, 0.4) is 0 Å². The van der Waals surface area contributed by atoms with Crippen LogP contribution in [0.4, 0.5) is 0 Å². The van der Waals surface area contributed by atoms with Crippen molar-refractivity contribution in [2.24, 2.45) is 0 Å². The van der Waals surface area contributed by atoms with E-state index in [2.05, 4.69) is 4.72 Å². The van der Waals surface area contributed by atoms with Crippen molar-refractivity contribution in [3.05, 3.63) is 83.4 Å². The van der Waals surface area contributed by atoms with E-state index in [-0.39, 0.29) is 5.92 Å². The molecule has 6 nitrogen and oxygen atoms in total. The zero-order valence-electron chi connectivity index (χ0n) is 16.8. The summed E-state index contributed by atoms with van der Waals surface area (Å²) in [5.41, 5.74) is 1.79. The Kier molecular flexibility index (Phi) is 6.41. The molecule has 0 radical (unpaired) electrons. The first-order valence-corrected chi connectivity index (χ1v) is 11.0. The van der Waals surface area contributed by atoms with Crippen LogP contribution in [0.5, 0.6) is 5.75 Å². The Labute approximate surface area is 194 Å². The number of hydrogen-bond acceptors (Lipinski definition) is 5. The number of rotatable bonds is 9. The minimum Gasteiger partial charge on any atom is -0.482 e. The lowest BCUT2D eigenvalue weighted by atomic mass is 10.1. The molecule has 1 aliphatic carbocycles. The summed E-state index contributed by atoms with van der Waals surface area (Å²) >= 11 is 7.22. The van der Waals surface area contributed by atoms with Crippen LogP contribution in [0.15, 0.2) is 77.7 Å². The molecule has 0 bridgehead atoms. The average molecular weight is 470 g/mol. The highest BCUT2D eigenvalue weighted by molar-refractivity contribution is 7.97. The number of carbonyl (C=O) groups is 2. The zero-order valence-corrected chi connectivity index (χ0v) is 18.4. The second kappa shape index (κ2) is 9.24. The number of nitrogens with one attached hydrogen (secondary N) is 1. The summed E-state index contributed by atoms with van der Waals surface area (Å²) in [5.74, 6) is -1.83. The molecule has 8 heteroatoms. The van der Waals surface area contributed by atoms with E-state index in [1.807, 2.05) is 54.6 Å². The number of carboxylic acids is 2. The molecule has 2 atom stereocenters. The van der Waals surface area contributed by atoms with Crippen LogP contribution >= 0.6 is 23.5 Å². The van der Waals surface area contributed by atoms with Gasteiger partial charge in [0.2, 0.25) is 0 Å². The Hall–Kier alpha value is -3.00. The van der Waals surface area contributed by atoms with Gasteiger partial charge in [0, 0.05) is 15.8 Å². The molecule has 0 aromatic heterocycles. The number of hydrogen-bond donors (Lipinski definition) is 3. The highest BCUT2D eigenvalue weighted by Crippen LogP contribution is 2.53. The van der Waals surface area contributed by atoms with E-state index >= 15 is 0 Å². The SMILES string of the molecule is O=C(O)COc1cccc(C2CC2(NSc2ccc(-c3ccc(Cl)cc3)cc2)C(=O)O)c1. The molecule has 0 spiro atoms. The molecular formula is C24H20ClNO5S. The van der Waals surface area contributed by atoms with Crippen LogP contribution in [0.25, 0.3) is 11.1 Å². The molecule has 0 heterocycles. The predicted octanol–water partition coefficient (Wildman–Crippen LogP) is 5.08. The van der Waals surface area contributed by atoms with E-state index in [0.717, 1.165) is 21.6 Å². The Morgan fingerprint density at radius 2 is 1.69 bits per heavy atom. The summed E-state index contributed by atoms with van der Waals surface area (Å²) in [6.45, 7) is -0.446. The van der Waals surface area contributed by atoms with Crippen molar-refractivity contribution in [1.82, 2.24) is 4.72 Å². The van der Waals surface area contributed by atoms with E-state index in [4.69, 9.17) is 21.4 Å². The van der Waals surface area contributed by atoms with Crippen molar-refractivity contribution in [3.8, 4) is 16.9 Å². The maximum absolute atomic E-state index is 12.1. The first-order chi connectivity index (χ1) is 15.4. The van der Waals surface area contributed by atoms with Crippen molar-refractivity contribution in [3.63, 3.8) is 0 Å². The fourth-order valence-corrected chi connectivity index (χ4v) is 4.54. The van der Waals surface area contributed by atoms with Crippen molar-refractivity contribution in [1.29, 1.82) is 0 Å². The van der Waals surface area contributed by atoms with Gasteiger partial charge in [-0.05, 0) is 71.5 Å². The van der Waals surface area contributed by atoms with Gasteiger partial charge in [0.1, 0.15) is 11.3 Å². The Balaban J connectivity index is 1.43. The molecule has 32 heavy (non-hydrogen) atoms. The van der Waals surface area contributed by atoms with Gasteiger partial charge in [0.25, 0.3) is 0 Å². The maximum atomic E-state index is 12.1. The van der Waals surface area contributed by atoms with Crippen LogP contribution in [0.1, 0.15) is 17.9 Å². The Bertz CT molecular complexity index is 1140. The van der Waals surface area contributed by atoms with Crippen LogP contribution in [-0.2, 0) is 9.59 Å². The first kappa shape index (κ1) is 22.2. The molecule has 4 rings (SSSR count). The van der Waals surface area contributed by atoms with Crippen LogP contribution in [-0.4, -0.2) is 34.3 Å². The molecular weight excluding hydrogens is 450 g/mol. The number of aliphatic carboxylic acids is 2. The second-order valence-electron chi connectivity index (χ2n) is 7.52. The minimum absolute atomic E-state index is 0.241. The molecule has 0 aliphatic heterocycles. The normalized spacial score (nSPS) is 19.3. The molecule has 1 fully saturated rings. The number of benzene rings is 3. The van der Waals surface area contributed by atoms with Gasteiger partial charge >= 0.3 is 11.9 Å². The van der Waals surface area contributed by atoms with E-state index in [1.165, 1.54) is 11.9 Å². The second-order valence-corrected chi connectivity index (χ2v) is 8.84. The molecule has 164 valence electrons. The number of carboxylic acid groups (broad SMARTS) is 2. The van der Waals surface area contributed by atoms with Crippen molar-refractivity contribution >= 4 is 35.5 Å². The van der Waals surface area contributed by atoms with Gasteiger partial charge in [0.05, 0.1) is 0 Å². The van der Waals surface area contributed by atoms with E-state index < -0.39 is 24.1 Å². The van der Waals surface area contributed by atoms with Crippen molar-refractivity contribution in [2.45, 2.75) is 22.8 Å². The largest absolute Gasteiger partial charge is 0.482 e. The summed E-state index contributed by atoms with van der Waals surface area (Å²) < 4.78 is 8.35. The van der Waals surface area contributed by atoms with E-state index in [9.17, 15) is 14.7 Å². The van der Waals surface area contributed by atoms with Gasteiger partial charge in [-0.25, -0.2) is 9.52 Å². The summed E-state index contributed by atoms with van der Waals surface area (Å²) in [7, 11) is 0. The summed E-state index contributed by atoms with van der Waals surface area (Å²) in [5, 5.41) is 19.3. The molecule has 0 saturated heterocycles. The lowest BCUT2D eigenvalue weighted by molar-refractivity contribution is -0.140. The van der Waals surface area contributed by atoms with Crippen LogP contribution in [0.2, 0.25) is 5.02 Å². The van der Waals surface area contributed by atoms with Crippen molar-refractivity contribution in [2.75, 3.05) is 6.61 Å². The van der Waals surface area contributed by atoms with E-state index in [1.54, 1.807) is 18.2 Å². The van der Waals surface area contributed by atoms with Crippen LogP contribution < -0.4 is 9.46 Å². The Morgan fingerprint density at radius 1 is 1.03 bits per heavy atom. The monoisotopic (exact) mass is 469 g/mol. The third kappa shape index (κ3) is 4.91. The van der Waals surface area contributed by atoms with Gasteiger partial charge in [-0.15, -0.1) is 0 Å². The number of ether oxygens (including phenoxy) is 1. The van der Waals surface area contributed by atoms with Gasteiger partial charge in [-0.1, -0.05) is 48.0 Å². The summed E-state index contributed by atoms with van der Waals surface area (Å²) in [4.78, 5) is 23.7. The standard InChI is InChI=1S/C24H20ClNO5S/c25-18-8-4-15(5-9-18)16-6-10-20(11-7-16)32-26-24(23(29)30)13-21(24)17-2-1-3-19(12-17)31-14-22(27)28/h1-12,21,26H,13-14H2,(H,27,28)(H,29,30). The van der Waals surface area contributed by atoms with Crippen molar-refractivity contribution < 1.29 is 24.5 Å². The zero-order chi connectivity index (χ0) is 22.7. The average Bonchev–Trinajstić information content (AvgIpc) is 3.54. The fourth-order valence-electron chi connectivity index (χ4n) is 3.53. The predicted molar refractivity (Wildman–Crippen MR) is 123 cm³/mol. The van der Waals surface area contributed by atoms with Gasteiger partial charge < -0.3 is 14.9 Å². The quantitative estimate of drug-likeness (QED) is 0.376. The lowest BCUT2D eigenvalue weighted by Gasteiger charge is -2.15. The molecule has 0 amide bonds. The summed E-state index contributed by atoms with van der Waals surface area (Å²) in [6, 6.07) is 22.3. The van der Waals surface area contributed by atoms with Gasteiger partial charge in [-0.3, -0.25) is 4.79 Å². The third-order valence-electron chi connectivity index (χ3n) is 5.35. The van der Waals surface area contributed by atoms with Crippen LogP contribution in [0, 0.1) is 0 Å². The van der Waals surface area contributed by atoms with Gasteiger partial charge in [-0.2, -0.15) is 0 Å². The topological polar surface area (TPSA) is 95.9 Å². The lowest BCUT2D eigenvalue weighted by Crippen LogP contribution is -2.36. The molecule has 3 aromatic rings. The third-order valence-corrected chi connectivity index (χ3v) is 6.57. The molecule has 1 saturated carbocycles. The smallest absolute Gasteiger partial charge is 0.341 e. The first-order valence-electron chi connectivity index (χ1n) is 9.85. The Morgan fingerprint density at radius 3 is 2.31 bits per heavy atom. The summed E-state index contributed by atoms with van der Waals surface area (Å²) in [6.07, 6.45) is 0.431. The maximum Gasteiger partial charge on any atom is 0.341 e. The number of halogens is 1. The minimum atomic E-state index is -1.09. The molecule has 2 unspecified atom stereocenters. The highest BCUT2D eigenvalue weighted by atomic mass is 35.5. The van der Waals surface area contributed by atoms with Gasteiger partial charge in [0.15, 0.2) is 6.61 Å². The molecule has 3 aromatic carbocycles.